The number of rotatable bonds is 7. The van der Waals surface area contributed by atoms with Gasteiger partial charge in [0.2, 0.25) is 5.95 Å². The highest BCUT2D eigenvalue weighted by atomic mass is 15.2. The van der Waals surface area contributed by atoms with Crippen molar-refractivity contribution in [3.63, 3.8) is 0 Å². The van der Waals surface area contributed by atoms with E-state index < -0.39 is 0 Å². The smallest absolute Gasteiger partial charge is 0.238 e. The van der Waals surface area contributed by atoms with Crippen LogP contribution in [0.1, 0.15) is 58.4 Å². The van der Waals surface area contributed by atoms with Crippen LogP contribution in [0, 0.1) is 74.1 Å². The molecule has 1 aliphatic rings. The Morgan fingerprint density at radius 2 is 0.895 bits per heavy atom. The molecule has 1 aliphatic carbocycles. The lowest BCUT2D eigenvalue weighted by molar-refractivity contribution is 0.661. The molecule has 350 valence electrons. The van der Waals surface area contributed by atoms with Crippen LogP contribution in [0.3, 0.4) is 0 Å². The van der Waals surface area contributed by atoms with Crippen molar-refractivity contribution in [2.45, 2.75) is 19.3 Å². The second-order valence-electron chi connectivity index (χ2n) is 19.2. The zero-order valence-electron chi connectivity index (χ0n) is 41.6. The van der Waals surface area contributed by atoms with Crippen molar-refractivity contribution in [3.05, 3.63) is 226 Å². The molecular weight excluding hydrogens is 921 g/mol. The minimum Gasteiger partial charge on any atom is -0.278 e. The summed E-state index contributed by atoms with van der Waals surface area (Å²) in [4.78, 5) is 16.1. The van der Waals surface area contributed by atoms with E-state index in [-0.39, 0.29) is 5.41 Å². The highest BCUT2D eigenvalue weighted by molar-refractivity contribution is 6.11. The Morgan fingerprint density at radius 1 is 0.342 bits per heavy atom. The third-order valence-corrected chi connectivity index (χ3v) is 14.8. The Kier molecular flexibility index (Phi) is 11.1. The van der Waals surface area contributed by atoms with E-state index in [1.165, 1.54) is 22.3 Å². The minimum atomic E-state index is -0.245. The van der Waals surface area contributed by atoms with Crippen molar-refractivity contribution in [2.24, 2.45) is 0 Å². The van der Waals surface area contributed by atoms with Gasteiger partial charge in [0.05, 0.1) is 11.0 Å². The summed E-state index contributed by atoms with van der Waals surface area (Å²) in [5.41, 5.74) is 18.3. The summed E-state index contributed by atoms with van der Waals surface area (Å²) in [5, 5.41) is 2.19. The number of benzene rings is 9. The van der Waals surface area contributed by atoms with Crippen LogP contribution in [0.5, 0.6) is 0 Å². The van der Waals surface area contributed by atoms with Gasteiger partial charge >= 0.3 is 0 Å². The molecule has 0 radical (unpaired) electrons. The van der Waals surface area contributed by atoms with E-state index >= 15 is 0 Å². The van der Waals surface area contributed by atoms with E-state index in [4.69, 9.17) is 53.5 Å². The van der Waals surface area contributed by atoms with Crippen molar-refractivity contribution in [3.8, 4) is 158 Å². The molecule has 12 rings (SSSR count). The van der Waals surface area contributed by atoms with Gasteiger partial charge < -0.3 is 0 Å². The molecule has 0 aliphatic heterocycles. The standard InChI is InChI=1S/C72H42N4/c1-9-45-27-22-32-56(53(45)12-4)51-39-50(49-37-38-59(57-33-23-28-46(10-2)54(57)13-5)62(42-49)58-34-24-29-47(11-3)55(58)14-6)40-52(41-51)70-73-69(48-25-16-15-17-26-48)74-71(75-70)76-67-36-21-19-31-61(67)64-43-63-60-30-18-20-35-65(60)72(7,8)66(63)44-68(64)76/h1-6,15-44H,7-8H3. The second-order valence-corrected chi connectivity index (χ2v) is 19.2. The average molecular weight is 963 g/mol. The Bertz CT molecular complexity index is 4560. The maximum Gasteiger partial charge on any atom is 0.238 e. The van der Waals surface area contributed by atoms with Gasteiger partial charge in [0.25, 0.3) is 0 Å². The van der Waals surface area contributed by atoms with E-state index in [9.17, 15) is 0 Å². The predicted molar refractivity (Wildman–Crippen MR) is 312 cm³/mol. The fourth-order valence-electron chi connectivity index (χ4n) is 11.1. The molecule has 2 heterocycles. The largest absolute Gasteiger partial charge is 0.278 e. The summed E-state index contributed by atoms with van der Waals surface area (Å²) in [5.74, 6) is 18.4. The molecule has 0 spiro atoms. The van der Waals surface area contributed by atoms with E-state index in [1.54, 1.807) is 0 Å². The predicted octanol–water partition coefficient (Wildman–Crippen LogP) is 15.2. The fourth-order valence-corrected chi connectivity index (χ4v) is 11.1. The van der Waals surface area contributed by atoms with Gasteiger partial charge in [-0.1, -0.05) is 171 Å². The minimum absolute atomic E-state index is 0.245. The highest BCUT2D eigenvalue weighted by Gasteiger charge is 2.36. The summed E-state index contributed by atoms with van der Waals surface area (Å²) in [7, 11) is 0. The number of hydrogen-bond acceptors (Lipinski definition) is 3. The molecule has 0 bridgehead atoms. The van der Waals surface area contributed by atoms with Crippen LogP contribution in [-0.4, -0.2) is 19.5 Å². The third-order valence-electron chi connectivity index (χ3n) is 14.8. The molecule has 2 aromatic heterocycles. The summed E-state index contributed by atoms with van der Waals surface area (Å²) in [6.07, 6.45) is 37.0. The Balaban J connectivity index is 1.14. The number of hydrogen-bond donors (Lipinski definition) is 0. The summed E-state index contributed by atoms with van der Waals surface area (Å²) in [6, 6.07) is 61.5. The van der Waals surface area contributed by atoms with Gasteiger partial charge in [0.1, 0.15) is 0 Å². The average Bonchev–Trinajstić information content (AvgIpc) is 4.05. The molecule has 76 heavy (non-hydrogen) atoms. The number of fused-ring (bicyclic) bond motifs is 6. The lowest BCUT2D eigenvalue weighted by Crippen LogP contribution is -2.15. The van der Waals surface area contributed by atoms with Crippen molar-refractivity contribution in [1.29, 1.82) is 0 Å². The molecule has 0 unspecified atom stereocenters. The van der Waals surface area contributed by atoms with Crippen LogP contribution in [0.2, 0.25) is 0 Å². The Morgan fingerprint density at radius 3 is 1.57 bits per heavy atom. The fraction of sp³-hybridized carbons (Fsp3) is 0.0417. The summed E-state index contributed by atoms with van der Waals surface area (Å²) >= 11 is 0. The van der Waals surface area contributed by atoms with Crippen molar-refractivity contribution < 1.29 is 0 Å². The number of nitrogens with zero attached hydrogens (tertiary/aromatic N) is 4. The zero-order chi connectivity index (χ0) is 52.2. The monoisotopic (exact) mass is 962 g/mol. The van der Waals surface area contributed by atoms with E-state index in [2.05, 4.69) is 151 Å². The lowest BCUT2D eigenvalue weighted by Gasteiger charge is -2.21. The summed E-state index contributed by atoms with van der Waals surface area (Å²) < 4.78 is 2.18. The van der Waals surface area contributed by atoms with Crippen LogP contribution in [0.25, 0.3) is 106 Å². The SMILES string of the molecule is C#Cc1cccc(-c2cc(-c3ccc(-c4cccc(C#C)c4C#C)c(-c4cccc(C#C)c4C#C)c3)cc(-c3nc(-c4ccccc4)nc(-n4c5ccccc5c5cc6c(cc54)C(C)(C)c4ccccc4-6)n3)c2)c1C#C. The van der Waals surface area contributed by atoms with Crippen LogP contribution in [0.4, 0.5) is 0 Å². The summed E-state index contributed by atoms with van der Waals surface area (Å²) in [6.45, 7) is 4.59. The van der Waals surface area contributed by atoms with Crippen molar-refractivity contribution >= 4 is 21.8 Å². The molecular formula is C72H42N4. The molecule has 0 N–H and O–H groups in total. The van der Waals surface area contributed by atoms with Gasteiger partial charge in [-0.2, -0.15) is 9.97 Å². The number of aromatic nitrogens is 4. The molecule has 0 amide bonds. The lowest BCUT2D eigenvalue weighted by atomic mass is 9.82. The Labute approximate surface area is 443 Å². The van der Waals surface area contributed by atoms with Crippen molar-refractivity contribution in [1.82, 2.24) is 19.5 Å². The zero-order valence-corrected chi connectivity index (χ0v) is 41.6. The first kappa shape index (κ1) is 46.2. The normalized spacial score (nSPS) is 11.8. The quantitative estimate of drug-likeness (QED) is 0.150. The first-order chi connectivity index (χ1) is 37.2. The van der Waals surface area contributed by atoms with E-state index in [1.807, 2.05) is 84.9 Å². The molecule has 0 atom stereocenters. The van der Waals surface area contributed by atoms with Crippen LogP contribution in [0.15, 0.2) is 182 Å². The highest BCUT2D eigenvalue weighted by Crippen LogP contribution is 2.51. The van der Waals surface area contributed by atoms with Gasteiger partial charge in [-0.05, 0) is 127 Å². The van der Waals surface area contributed by atoms with Gasteiger partial charge in [-0.25, -0.2) is 4.98 Å². The van der Waals surface area contributed by atoms with Crippen LogP contribution < -0.4 is 0 Å². The Hall–Kier alpha value is -10.9. The van der Waals surface area contributed by atoms with Gasteiger partial charge in [-0.3, -0.25) is 4.57 Å². The molecule has 0 saturated carbocycles. The van der Waals surface area contributed by atoms with Crippen LogP contribution >= 0.6 is 0 Å². The first-order valence-electron chi connectivity index (χ1n) is 24.7. The third kappa shape index (κ3) is 7.35. The second kappa shape index (κ2) is 18.3. The van der Waals surface area contributed by atoms with Gasteiger partial charge in [0.15, 0.2) is 11.6 Å². The van der Waals surface area contributed by atoms with E-state index in [0.29, 0.717) is 56.5 Å². The molecule has 4 nitrogen and oxygen atoms in total. The first-order valence-corrected chi connectivity index (χ1v) is 24.7. The molecule has 9 aromatic carbocycles. The molecule has 0 saturated heterocycles. The van der Waals surface area contributed by atoms with Gasteiger partial charge in [-0.15, -0.1) is 38.5 Å². The molecule has 11 aromatic rings. The molecule has 4 heteroatoms. The topological polar surface area (TPSA) is 43.6 Å². The van der Waals surface area contributed by atoms with Crippen molar-refractivity contribution in [2.75, 3.05) is 0 Å². The maximum absolute atomic E-state index is 6.30. The maximum atomic E-state index is 6.30. The van der Waals surface area contributed by atoms with Crippen LogP contribution in [-0.2, 0) is 5.41 Å². The number of para-hydroxylation sites is 1. The van der Waals surface area contributed by atoms with E-state index in [0.717, 1.165) is 71.9 Å². The molecule has 0 fully saturated rings. The number of terminal acetylenes is 6. The van der Waals surface area contributed by atoms with Gasteiger partial charge in [0, 0.05) is 60.7 Å².